The molecule has 0 aromatic rings. The van der Waals surface area contributed by atoms with Crippen LogP contribution < -0.4 is 5.32 Å². The second-order valence-electron chi connectivity index (χ2n) is 5.09. The molecule has 1 rings (SSSR count). The van der Waals surface area contributed by atoms with Crippen molar-refractivity contribution in [2.24, 2.45) is 5.41 Å². The van der Waals surface area contributed by atoms with E-state index in [9.17, 15) is 9.59 Å². The highest BCUT2D eigenvalue weighted by Crippen LogP contribution is 2.34. The zero-order valence-electron chi connectivity index (χ0n) is 8.73. The molecule has 1 aliphatic carbocycles. The summed E-state index contributed by atoms with van der Waals surface area (Å²) in [7, 11) is 0. The van der Waals surface area contributed by atoms with Crippen LogP contribution in [0.1, 0.15) is 40.5 Å². The summed E-state index contributed by atoms with van der Waals surface area (Å²) in [5.41, 5.74) is -0.673. The molecule has 3 nitrogen and oxygen atoms in total. The van der Waals surface area contributed by atoms with Gasteiger partial charge in [0, 0.05) is 11.0 Å². The number of hydrogen-bond donors (Lipinski definition) is 1. The smallest absolute Gasteiger partial charge is 0.288 e. The first-order valence-corrected chi connectivity index (χ1v) is 4.62. The van der Waals surface area contributed by atoms with Crippen molar-refractivity contribution in [3.05, 3.63) is 0 Å². The van der Waals surface area contributed by atoms with Crippen LogP contribution in [0, 0.1) is 5.41 Å². The van der Waals surface area contributed by atoms with Crippen LogP contribution in [0.4, 0.5) is 0 Å². The van der Waals surface area contributed by atoms with Gasteiger partial charge in [0.1, 0.15) is 0 Å². The highest BCUT2D eigenvalue weighted by Gasteiger charge is 2.41. The van der Waals surface area contributed by atoms with Crippen molar-refractivity contribution in [2.45, 2.75) is 46.1 Å². The Hall–Kier alpha value is -0.860. The summed E-state index contributed by atoms with van der Waals surface area (Å²) in [6, 6.07) is 0. The van der Waals surface area contributed by atoms with Gasteiger partial charge in [-0.15, -0.1) is 0 Å². The monoisotopic (exact) mass is 183 g/mol. The Morgan fingerprint density at radius 2 is 1.69 bits per heavy atom. The first-order valence-electron chi connectivity index (χ1n) is 4.62. The summed E-state index contributed by atoms with van der Waals surface area (Å²) >= 11 is 0. The largest absolute Gasteiger partial charge is 0.344 e. The van der Waals surface area contributed by atoms with Gasteiger partial charge in [0.25, 0.3) is 5.91 Å². The SMILES string of the molecule is CC1(NC(=O)C(=O)C(C)(C)C)CC1. The molecule has 0 saturated heterocycles. The maximum Gasteiger partial charge on any atom is 0.288 e. The Kier molecular flexibility index (Phi) is 2.22. The zero-order valence-corrected chi connectivity index (χ0v) is 8.73. The van der Waals surface area contributed by atoms with Gasteiger partial charge < -0.3 is 5.32 Å². The summed E-state index contributed by atoms with van der Waals surface area (Å²) < 4.78 is 0. The Balaban J connectivity index is 2.53. The van der Waals surface area contributed by atoms with E-state index in [2.05, 4.69) is 5.32 Å². The first-order chi connectivity index (χ1) is 5.75. The normalized spacial score (nSPS) is 19.4. The highest BCUT2D eigenvalue weighted by molar-refractivity contribution is 6.38. The van der Waals surface area contributed by atoms with Gasteiger partial charge in [-0.2, -0.15) is 0 Å². The van der Waals surface area contributed by atoms with Crippen LogP contribution in [-0.4, -0.2) is 17.2 Å². The molecule has 13 heavy (non-hydrogen) atoms. The fourth-order valence-electron chi connectivity index (χ4n) is 0.984. The molecule has 0 aromatic heterocycles. The number of carbonyl (C=O) groups excluding carboxylic acids is 2. The minimum Gasteiger partial charge on any atom is -0.344 e. The van der Waals surface area contributed by atoms with Gasteiger partial charge in [-0.3, -0.25) is 9.59 Å². The Labute approximate surface area is 78.9 Å². The molecule has 1 amide bonds. The molecule has 0 heterocycles. The summed E-state index contributed by atoms with van der Waals surface area (Å²) in [4.78, 5) is 22.8. The van der Waals surface area contributed by atoms with Crippen LogP contribution in [-0.2, 0) is 9.59 Å². The molecule has 0 unspecified atom stereocenters. The van der Waals surface area contributed by atoms with Crippen LogP contribution in [0.25, 0.3) is 0 Å². The second kappa shape index (κ2) is 2.82. The molecule has 1 saturated carbocycles. The Morgan fingerprint density at radius 1 is 1.23 bits per heavy atom. The third-order valence-electron chi connectivity index (χ3n) is 2.30. The maximum atomic E-state index is 11.5. The molecule has 0 aromatic carbocycles. The lowest BCUT2D eigenvalue weighted by Crippen LogP contribution is -2.43. The van der Waals surface area contributed by atoms with Crippen molar-refractivity contribution in [3.63, 3.8) is 0 Å². The number of hydrogen-bond acceptors (Lipinski definition) is 2. The minimum absolute atomic E-state index is 0.0992. The highest BCUT2D eigenvalue weighted by atomic mass is 16.2. The average Bonchev–Trinajstić information content (AvgIpc) is 2.64. The maximum absolute atomic E-state index is 11.5. The molecule has 1 aliphatic rings. The number of amides is 1. The standard InChI is InChI=1S/C10H17NO2/c1-9(2,3)7(12)8(13)11-10(4)5-6-10/h5-6H2,1-4H3,(H,11,13). The lowest BCUT2D eigenvalue weighted by Gasteiger charge is -2.18. The van der Waals surface area contributed by atoms with Crippen molar-refractivity contribution in [3.8, 4) is 0 Å². The predicted molar refractivity (Wildman–Crippen MR) is 50.2 cm³/mol. The molecular formula is C10H17NO2. The lowest BCUT2D eigenvalue weighted by atomic mass is 9.90. The van der Waals surface area contributed by atoms with E-state index in [0.29, 0.717) is 0 Å². The van der Waals surface area contributed by atoms with Gasteiger partial charge in [0.05, 0.1) is 0 Å². The summed E-state index contributed by atoms with van der Waals surface area (Å²) in [5, 5.41) is 2.75. The van der Waals surface area contributed by atoms with E-state index in [-0.39, 0.29) is 11.3 Å². The Bertz CT molecular complexity index is 246. The van der Waals surface area contributed by atoms with Gasteiger partial charge in [0.2, 0.25) is 5.78 Å². The molecule has 74 valence electrons. The molecule has 1 N–H and O–H groups in total. The molecule has 0 atom stereocenters. The number of carbonyl (C=O) groups is 2. The van der Waals surface area contributed by atoms with E-state index < -0.39 is 11.3 Å². The topological polar surface area (TPSA) is 46.2 Å². The van der Waals surface area contributed by atoms with Crippen molar-refractivity contribution < 1.29 is 9.59 Å². The third-order valence-corrected chi connectivity index (χ3v) is 2.30. The van der Waals surface area contributed by atoms with Gasteiger partial charge >= 0.3 is 0 Å². The van der Waals surface area contributed by atoms with Crippen LogP contribution in [0.2, 0.25) is 0 Å². The number of ketones is 1. The van der Waals surface area contributed by atoms with Gasteiger partial charge in [-0.1, -0.05) is 20.8 Å². The minimum atomic E-state index is -0.574. The summed E-state index contributed by atoms with van der Waals surface area (Å²) in [6.07, 6.45) is 1.96. The van der Waals surface area contributed by atoms with Crippen LogP contribution in [0.5, 0.6) is 0 Å². The van der Waals surface area contributed by atoms with Crippen LogP contribution >= 0.6 is 0 Å². The van der Waals surface area contributed by atoms with Crippen LogP contribution in [0.3, 0.4) is 0 Å². The average molecular weight is 183 g/mol. The number of nitrogens with one attached hydrogen (secondary N) is 1. The number of rotatable bonds is 2. The molecular weight excluding hydrogens is 166 g/mol. The van der Waals surface area contributed by atoms with Gasteiger partial charge in [-0.05, 0) is 19.8 Å². The quantitative estimate of drug-likeness (QED) is 0.655. The Morgan fingerprint density at radius 3 is 2.00 bits per heavy atom. The fraction of sp³-hybridized carbons (Fsp3) is 0.800. The molecule has 1 fully saturated rings. The molecule has 0 radical (unpaired) electrons. The molecule has 0 spiro atoms. The summed E-state index contributed by atoms with van der Waals surface area (Å²) in [6.45, 7) is 7.22. The van der Waals surface area contributed by atoms with E-state index in [1.807, 2.05) is 6.92 Å². The van der Waals surface area contributed by atoms with E-state index in [0.717, 1.165) is 12.8 Å². The lowest BCUT2D eigenvalue weighted by molar-refractivity contribution is -0.142. The fourth-order valence-corrected chi connectivity index (χ4v) is 0.984. The van der Waals surface area contributed by atoms with Crippen molar-refractivity contribution in [2.75, 3.05) is 0 Å². The van der Waals surface area contributed by atoms with E-state index >= 15 is 0 Å². The predicted octanol–water partition coefficient (Wildman–Crippen LogP) is 1.27. The van der Waals surface area contributed by atoms with Gasteiger partial charge in [0.15, 0.2) is 0 Å². The van der Waals surface area contributed by atoms with Gasteiger partial charge in [-0.25, -0.2) is 0 Å². The molecule has 0 aliphatic heterocycles. The van der Waals surface area contributed by atoms with Crippen LogP contribution in [0.15, 0.2) is 0 Å². The van der Waals surface area contributed by atoms with E-state index in [1.54, 1.807) is 20.8 Å². The van der Waals surface area contributed by atoms with Crippen molar-refractivity contribution >= 4 is 11.7 Å². The van der Waals surface area contributed by atoms with E-state index in [4.69, 9.17) is 0 Å². The zero-order chi connectivity index (χ0) is 10.3. The third kappa shape index (κ3) is 2.54. The molecule has 0 bridgehead atoms. The second-order valence-corrected chi connectivity index (χ2v) is 5.09. The van der Waals surface area contributed by atoms with E-state index in [1.165, 1.54) is 0 Å². The summed E-state index contributed by atoms with van der Waals surface area (Å²) in [5.74, 6) is -0.770. The van der Waals surface area contributed by atoms with Crippen molar-refractivity contribution in [1.29, 1.82) is 0 Å². The number of Topliss-reactive ketones (excluding diaryl/α,β-unsaturated/α-hetero) is 1. The molecule has 3 heteroatoms. The first kappa shape index (κ1) is 10.2. The van der Waals surface area contributed by atoms with Crippen molar-refractivity contribution in [1.82, 2.24) is 5.32 Å².